The molecule has 0 atom stereocenters. The Hall–Kier alpha value is -4.02. The van der Waals surface area contributed by atoms with Gasteiger partial charge in [-0.1, -0.05) is 23.7 Å². The van der Waals surface area contributed by atoms with E-state index in [4.69, 9.17) is 20.8 Å². The summed E-state index contributed by atoms with van der Waals surface area (Å²) in [6.45, 7) is 2.48. The standard InChI is InChI=1S/C24H21ClFN7O2/c25-17-3-1-2-16(14-17)21-9-8-20(35-21)15-27-32-23-29-22(28-19-6-4-18(26)5-7-19)30-24(31-23)33-10-12-34-13-11-33/h1-9,14-15H,10-13H2,(H2,28,29,30,31,32)/b27-15-. The van der Waals surface area contributed by atoms with Crippen LogP contribution < -0.4 is 15.6 Å². The van der Waals surface area contributed by atoms with Gasteiger partial charge in [-0.15, -0.1) is 0 Å². The zero-order chi connectivity index (χ0) is 24.0. The lowest BCUT2D eigenvalue weighted by Crippen LogP contribution is -2.37. The molecule has 0 unspecified atom stereocenters. The Bertz CT molecular complexity index is 1320. The summed E-state index contributed by atoms with van der Waals surface area (Å²) in [7, 11) is 0. The third kappa shape index (κ3) is 5.92. The van der Waals surface area contributed by atoms with Crippen molar-refractivity contribution in [3.63, 3.8) is 0 Å². The van der Waals surface area contributed by atoms with Crippen LogP contribution in [0.4, 0.5) is 27.9 Å². The number of nitrogens with zero attached hydrogens (tertiary/aromatic N) is 5. The molecule has 11 heteroatoms. The van der Waals surface area contributed by atoms with Gasteiger partial charge in [-0.3, -0.25) is 0 Å². The van der Waals surface area contributed by atoms with Crippen molar-refractivity contribution in [2.45, 2.75) is 0 Å². The first kappa shape index (κ1) is 22.8. The van der Waals surface area contributed by atoms with E-state index in [0.717, 1.165) is 5.56 Å². The maximum atomic E-state index is 13.3. The van der Waals surface area contributed by atoms with Gasteiger partial charge in [0.2, 0.25) is 17.8 Å². The molecule has 2 N–H and O–H groups in total. The first-order chi connectivity index (χ1) is 17.1. The first-order valence-electron chi connectivity index (χ1n) is 10.9. The molecule has 2 aromatic carbocycles. The van der Waals surface area contributed by atoms with Crippen LogP contribution in [0.1, 0.15) is 5.76 Å². The molecule has 0 amide bonds. The number of benzene rings is 2. The van der Waals surface area contributed by atoms with Crippen LogP contribution in [0.15, 0.2) is 70.2 Å². The number of morpholine rings is 1. The maximum Gasteiger partial charge on any atom is 0.250 e. The fourth-order valence-electron chi connectivity index (χ4n) is 3.41. The van der Waals surface area contributed by atoms with Gasteiger partial charge in [-0.25, -0.2) is 9.82 Å². The molecule has 0 aliphatic carbocycles. The second-order valence-corrected chi connectivity index (χ2v) is 8.03. The van der Waals surface area contributed by atoms with Gasteiger partial charge in [-0.2, -0.15) is 20.1 Å². The Morgan fingerprint density at radius 2 is 1.77 bits per heavy atom. The van der Waals surface area contributed by atoms with Crippen LogP contribution in [0, 0.1) is 5.82 Å². The molecule has 9 nitrogen and oxygen atoms in total. The molecule has 1 aliphatic heterocycles. The van der Waals surface area contributed by atoms with Crippen LogP contribution in [-0.2, 0) is 4.74 Å². The van der Waals surface area contributed by atoms with Crippen LogP contribution in [0.3, 0.4) is 0 Å². The Morgan fingerprint density at radius 1 is 0.971 bits per heavy atom. The van der Waals surface area contributed by atoms with Gasteiger partial charge in [0.15, 0.2) is 0 Å². The van der Waals surface area contributed by atoms with Gasteiger partial charge in [0.05, 0.1) is 19.4 Å². The van der Waals surface area contributed by atoms with E-state index in [1.807, 2.05) is 29.2 Å². The fraction of sp³-hybridized carbons (Fsp3) is 0.167. The van der Waals surface area contributed by atoms with Crippen molar-refractivity contribution in [2.75, 3.05) is 41.9 Å². The molecule has 0 spiro atoms. The van der Waals surface area contributed by atoms with Crippen molar-refractivity contribution < 1.29 is 13.5 Å². The summed E-state index contributed by atoms with van der Waals surface area (Å²) >= 11 is 6.06. The van der Waals surface area contributed by atoms with Crippen LogP contribution in [0.25, 0.3) is 11.3 Å². The normalized spacial score (nSPS) is 13.8. The molecule has 5 rings (SSSR count). The predicted octanol–water partition coefficient (Wildman–Crippen LogP) is 4.95. The van der Waals surface area contributed by atoms with Gasteiger partial charge < -0.3 is 19.4 Å². The van der Waals surface area contributed by atoms with Gasteiger partial charge in [-0.05, 0) is 48.5 Å². The van der Waals surface area contributed by atoms with E-state index in [2.05, 4.69) is 30.8 Å². The van der Waals surface area contributed by atoms with E-state index >= 15 is 0 Å². The predicted molar refractivity (Wildman–Crippen MR) is 133 cm³/mol. The lowest BCUT2D eigenvalue weighted by molar-refractivity contribution is 0.122. The highest BCUT2D eigenvalue weighted by molar-refractivity contribution is 6.30. The minimum atomic E-state index is -0.326. The second-order valence-electron chi connectivity index (χ2n) is 7.60. The highest BCUT2D eigenvalue weighted by Crippen LogP contribution is 2.24. The number of nitrogens with one attached hydrogen (secondary N) is 2. The lowest BCUT2D eigenvalue weighted by atomic mass is 10.2. The molecule has 2 aromatic heterocycles. The Kier molecular flexibility index (Phi) is 6.82. The van der Waals surface area contributed by atoms with E-state index < -0.39 is 0 Å². The average molecular weight is 494 g/mol. The van der Waals surface area contributed by atoms with Crippen molar-refractivity contribution in [1.29, 1.82) is 0 Å². The summed E-state index contributed by atoms with van der Waals surface area (Å²) in [5.41, 5.74) is 4.35. The average Bonchev–Trinajstić information content (AvgIpc) is 3.35. The van der Waals surface area contributed by atoms with Crippen molar-refractivity contribution in [1.82, 2.24) is 15.0 Å². The SMILES string of the molecule is Fc1ccc(Nc2nc(N/N=C\c3ccc(-c4cccc(Cl)c4)o3)nc(N3CCOCC3)n2)cc1. The summed E-state index contributed by atoms with van der Waals surface area (Å²) in [4.78, 5) is 15.4. The van der Waals surface area contributed by atoms with Crippen LogP contribution >= 0.6 is 11.6 Å². The molecule has 3 heterocycles. The molecule has 0 saturated carbocycles. The van der Waals surface area contributed by atoms with Crippen LogP contribution in [0.5, 0.6) is 0 Å². The largest absolute Gasteiger partial charge is 0.455 e. The van der Waals surface area contributed by atoms with E-state index in [1.165, 1.54) is 18.3 Å². The lowest BCUT2D eigenvalue weighted by Gasteiger charge is -2.27. The molecule has 4 aromatic rings. The highest BCUT2D eigenvalue weighted by Gasteiger charge is 2.17. The molecule has 178 valence electrons. The number of halogens is 2. The van der Waals surface area contributed by atoms with Crippen molar-refractivity contribution >= 4 is 41.3 Å². The molecule has 0 radical (unpaired) electrons. The minimum absolute atomic E-state index is 0.240. The maximum absolute atomic E-state index is 13.3. The number of furan rings is 1. The summed E-state index contributed by atoms with van der Waals surface area (Å²) in [6.07, 6.45) is 1.53. The van der Waals surface area contributed by atoms with Crippen LogP contribution in [-0.4, -0.2) is 47.5 Å². The summed E-state index contributed by atoms with van der Waals surface area (Å²) in [5, 5.41) is 7.92. The summed E-state index contributed by atoms with van der Waals surface area (Å²) < 4.78 is 24.5. The van der Waals surface area contributed by atoms with E-state index in [9.17, 15) is 4.39 Å². The fourth-order valence-corrected chi connectivity index (χ4v) is 3.60. The number of rotatable bonds is 7. The number of anilines is 4. The number of hydrogen-bond acceptors (Lipinski definition) is 9. The van der Waals surface area contributed by atoms with Crippen LogP contribution in [0.2, 0.25) is 5.02 Å². The quantitative estimate of drug-likeness (QED) is 0.275. The summed E-state index contributed by atoms with van der Waals surface area (Å²) in [5.74, 6) is 1.91. The second kappa shape index (κ2) is 10.5. The minimum Gasteiger partial charge on any atom is -0.455 e. The first-order valence-corrected chi connectivity index (χ1v) is 11.3. The third-order valence-electron chi connectivity index (χ3n) is 5.11. The molecular weight excluding hydrogens is 473 g/mol. The van der Waals surface area contributed by atoms with Gasteiger partial charge >= 0.3 is 0 Å². The number of aromatic nitrogens is 3. The van der Waals surface area contributed by atoms with E-state index in [-0.39, 0.29) is 11.8 Å². The number of hydrazone groups is 1. The zero-order valence-electron chi connectivity index (χ0n) is 18.5. The molecule has 35 heavy (non-hydrogen) atoms. The molecule has 0 bridgehead atoms. The number of hydrogen-bond donors (Lipinski definition) is 2. The Balaban J connectivity index is 1.34. The van der Waals surface area contributed by atoms with Gasteiger partial charge in [0.1, 0.15) is 17.3 Å². The zero-order valence-corrected chi connectivity index (χ0v) is 19.2. The van der Waals surface area contributed by atoms with E-state index in [1.54, 1.807) is 24.3 Å². The monoisotopic (exact) mass is 493 g/mol. The molecular formula is C24H21ClFN7O2. The summed E-state index contributed by atoms with van der Waals surface area (Å²) in [6, 6.07) is 17.0. The molecule has 1 aliphatic rings. The topological polar surface area (TPSA) is 101 Å². The van der Waals surface area contributed by atoms with Gasteiger partial charge in [0.25, 0.3) is 0 Å². The van der Waals surface area contributed by atoms with Crippen molar-refractivity contribution in [3.05, 3.63) is 77.3 Å². The third-order valence-corrected chi connectivity index (χ3v) is 5.35. The number of ether oxygens (including phenoxy) is 1. The molecule has 1 fully saturated rings. The van der Waals surface area contributed by atoms with Crippen molar-refractivity contribution in [3.8, 4) is 11.3 Å². The van der Waals surface area contributed by atoms with E-state index in [0.29, 0.717) is 60.4 Å². The van der Waals surface area contributed by atoms with Gasteiger partial charge in [0, 0.05) is 29.4 Å². The molecule has 1 saturated heterocycles. The smallest absolute Gasteiger partial charge is 0.250 e. The Morgan fingerprint density at radius 3 is 2.57 bits per heavy atom. The van der Waals surface area contributed by atoms with Crippen molar-refractivity contribution in [2.24, 2.45) is 5.10 Å². The highest BCUT2D eigenvalue weighted by atomic mass is 35.5. The Labute approximate surface area is 205 Å².